The number of halogens is 1. The molecule has 1 fully saturated rings. The van der Waals surface area contributed by atoms with Crippen LogP contribution in [0.15, 0.2) is 29.4 Å². The van der Waals surface area contributed by atoms with Crippen LogP contribution in [0.5, 0.6) is 5.75 Å². The summed E-state index contributed by atoms with van der Waals surface area (Å²) >= 11 is 7.46. The smallest absolute Gasteiger partial charge is 0.318 e. The second kappa shape index (κ2) is 7.44. The minimum Gasteiger partial charge on any atom is -0.484 e. The average molecular weight is 368 g/mol. The van der Waals surface area contributed by atoms with E-state index in [1.165, 1.54) is 18.9 Å². The molecule has 8 heteroatoms. The summed E-state index contributed by atoms with van der Waals surface area (Å²) in [5.74, 6) is 1.07. The third-order valence-corrected chi connectivity index (χ3v) is 5.00. The first kappa shape index (κ1) is 17.1. The van der Waals surface area contributed by atoms with Gasteiger partial charge in [0.1, 0.15) is 17.6 Å². The molecule has 0 N–H and O–H groups in total. The Morgan fingerprint density at radius 3 is 2.83 bits per heavy atom. The molecule has 0 amide bonds. The molecule has 1 aromatic carbocycles. The van der Waals surface area contributed by atoms with E-state index in [9.17, 15) is 4.79 Å². The molecule has 1 heterocycles. The Morgan fingerprint density at radius 1 is 1.42 bits per heavy atom. The summed E-state index contributed by atoms with van der Waals surface area (Å²) < 4.78 is 12.6. The van der Waals surface area contributed by atoms with Crippen LogP contribution in [0.25, 0.3) is 0 Å². The zero-order valence-electron chi connectivity index (χ0n) is 13.4. The Hall–Kier alpha value is -1.73. The van der Waals surface area contributed by atoms with Gasteiger partial charge in [-0.05, 0) is 31.9 Å². The van der Waals surface area contributed by atoms with Crippen molar-refractivity contribution < 1.29 is 14.3 Å². The molecular weight excluding hydrogens is 350 g/mol. The zero-order chi connectivity index (χ0) is 17.1. The second-order valence-corrected chi connectivity index (χ2v) is 7.22. The van der Waals surface area contributed by atoms with Crippen molar-refractivity contribution in [2.24, 2.45) is 0 Å². The number of thioether (sulfide) groups is 1. The molecule has 1 saturated carbocycles. The molecular formula is C16H18ClN3O3S. The van der Waals surface area contributed by atoms with Crippen LogP contribution in [-0.2, 0) is 16.1 Å². The number of methoxy groups -OCH3 is 1. The van der Waals surface area contributed by atoms with Gasteiger partial charge >= 0.3 is 5.97 Å². The fourth-order valence-electron chi connectivity index (χ4n) is 2.26. The number of carbonyl (C=O) groups is 1. The predicted molar refractivity (Wildman–Crippen MR) is 91.4 cm³/mol. The monoisotopic (exact) mass is 367 g/mol. The lowest BCUT2D eigenvalue weighted by atomic mass is 10.3. The quantitative estimate of drug-likeness (QED) is 0.551. The van der Waals surface area contributed by atoms with E-state index < -0.39 is 0 Å². The largest absolute Gasteiger partial charge is 0.484 e. The van der Waals surface area contributed by atoms with Crippen LogP contribution in [0, 0.1) is 0 Å². The average Bonchev–Trinajstić information content (AvgIpc) is 3.35. The topological polar surface area (TPSA) is 66.2 Å². The maximum absolute atomic E-state index is 11.6. The first-order chi connectivity index (χ1) is 11.6. The van der Waals surface area contributed by atoms with Crippen molar-refractivity contribution in [2.75, 3.05) is 7.11 Å². The van der Waals surface area contributed by atoms with Gasteiger partial charge in [-0.1, -0.05) is 35.5 Å². The third kappa shape index (κ3) is 3.84. The van der Waals surface area contributed by atoms with Gasteiger partial charge in [0.2, 0.25) is 0 Å². The molecule has 0 aliphatic heterocycles. The van der Waals surface area contributed by atoms with Crippen LogP contribution in [-0.4, -0.2) is 33.1 Å². The first-order valence-electron chi connectivity index (χ1n) is 7.65. The molecule has 0 bridgehead atoms. The molecule has 1 aromatic heterocycles. The van der Waals surface area contributed by atoms with Crippen molar-refractivity contribution in [3.63, 3.8) is 0 Å². The maximum Gasteiger partial charge on any atom is 0.318 e. The van der Waals surface area contributed by atoms with Gasteiger partial charge in [0.25, 0.3) is 0 Å². The molecule has 1 aliphatic carbocycles. The summed E-state index contributed by atoms with van der Waals surface area (Å²) in [7, 11) is 1.38. The number of carbonyl (C=O) groups excluding carboxylic acids is 1. The highest BCUT2D eigenvalue weighted by molar-refractivity contribution is 8.00. The van der Waals surface area contributed by atoms with E-state index in [1.807, 2.05) is 18.2 Å². The zero-order valence-corrected chi connectivity index (χ0v) is 15.0. The highest BCUT2D eigenvalue weighted by Crippen LogP contribution is 2.39. The normalized spacial score (nSPS) is 15.1. The van der Waals surface area contributed by atoms with Crippen LogP contribution >= 0.6 is 23.4 Å². The van der Waals surface area contributed by atoms with Gasteiger partial charge in [-0.2, -0.15) is 0 Å². The van der Waals surface area contributed by atoms with Crippen LogP contribution in [0.2, 0.25) is 5.02 Å². The summed E-state index contributed by atoms with van der Waals surface area (Å²) in [4.78, 5) is 11.6. The first-order valence-corrected chi connectivity index (χ1v) is 8.91. The molecule has 6 nitrogen and oxygen atoms in total. The number of hydrogen-bond donors (Lipinski definition) is 0. The van der Waals surface area contributed by atoms with E-state index in [-0.39, 0.29) is 17.8 Å². The molecule has 0 spiro atoms. The van der Waals surface area contributed by atoms with Crippen molar-refractivity contribution in [1.82, 2.24) is 14.8 Å². The molecule has 0 radical (unpaired) electrons. The fourth-order valence-corrected chi connectivity index (χ4v) is 3.42. The number of benzene rings is 1. The van der Waals surface area contributed by atoms with E-state index in [2.05, 4.69) is 14.8 Å². The van der Waals surface area contributed by atoms with E-state index in [0.29, 0.717) is 22.0 Å². The molecule has 1 unspecified atom stereocenters. The van der Waals surface area contributed by atoms with E-state index >= 15 is 0 Å². The van der Waals surface area contributed by atoms with E-state index in [0.717, 1.165) is 18.7 Å². The summed E-state index contributed by atoms with van der Waals surface area (Å²) in [5.41, 5.74) is 0. The van der Waals surface area contributed by atoms with Gasteiger partial charge in [0.15, 0.2) is 11.0 Å². The molecule has 3 rings (SSSR count). The minimum atomic E-state index is -0.339. The lowest BCUT2D eigenvalue weighted by Gasteiger charge is -2.12. The summed E-state index contributed by atoms with van der Waals surface area (Å²) in [5, 5.41) is 9.39. The van der Waals surface area contributed by atoms with Gasteiger partial charge < -0.3 is 9.47 Å². The van der Waals surface area contributed by atoms with Crippen LogP contribution in [0.4, 0.5) is 0 Å². The van der Waals surface area contributed by atoms with Gasteiger partial charge in [0, 0.05) is 6.04 Å². The van der Waals surface area contributed by atoms with Gasteiger partial charge in [0.05, 0.1) is 12.1 Å². The number of aromatic nitrogens is 3. The Morgan fingerprint density at radius 2 is 2.17 bits per heavy atom. The van der Waals surface area contributed by atoms with Crippen molar-refractivity contribution in [3.05, 3.63) is 35.1 Å². The molecule has 24 heavy (non-hydrogen) atoms. The summed E-state index contributed by atoms with van der Waals surface area (Å²) in [6, 6.07) is 7.69. The number of para-hydroxylation sites is 1. The molecule has 128 valence electrons. The standard InChI is InChI=1S/C16H18ClN3O3S/c1-10(15(21)22-2)24-16-19-18-14(20(16)11-7-8-11)9-23-13-6-4-3-5-12(13)17/h3-6,10-11H,7-9H2,1-2H3. The number of rotatable bonds is 7. The fraction of sp³-hybridized carbons (Fsp3) is 0.438. The number of ether oxygens (including phenoxy) is 2. The van der Waals surface area contributed by atoms with Crippen LogP contribution in [0.3, 0.4) is 0 Å². The highest BCUT2D eigenvalue weighted by atomic mass is 35.5. The van der Waals surface area contributed by atoms with Gasteiger partial charge in [-0.15, -0.1) is 10.2 Å². The van der Waals surface area contributed by atoms with E-state index in [4.69, 9.17) is 21.1 Å². The third-order valence-electron chi connectivity index (χ3n) is 3.66. The lowest BCUT2D eigenvalue weighted by Crippen LogP contribution is -2.16. The van der Waals surface area contributed by atoms with Crippen molar-refractivity contribution >= 4 is 29.3 Å². The minimum absolute atomic E-state index is 0.278. The molecule has 2 aromatic rings. The number of hydrogen-bond acceptors (Lipinski definition) is 6. The van der Waals surface area contributed by atoms with Gasteiger partial charge in [-0.3, -0.25) is 9.36 Å². The second-order valence-electron chi connectivity index (χ2n) is 5.50. The van der Waals surface area contributed by atoms with Crippen molar-refractivity contribution in [2.45, 2.75) is 42.8 Å². The van der Waals surface area contributed by atoms with Crippen LogP contribution < -0.4 is 4.74 Å². The van der Waals surface area contributed by atoms with Crippen LogP contribution in [0.1, 0.15) is 31.6 Å². The maximum atomic E-state index is 11.6. The molecule has 1 atom stereocenters. The summed E-state index contributed by atoms with van der Waals surface area (Å²) in [6.07, 6.45) is 2.16. The number of esters is 1. The SMILES string of the molecule is COC(=O)C(C)Sc1nnc(COc2ccccc2Cl)n1C1CC1. The predicted octanol–water partition coefficient (Wildman–Crippen LogP) is 3.50. The Labute approximate surface area is 149 Å². The Bertz CT molecular complexity index is 733. The molecule has 1 aliphatic rings. The highest BCUT2D eigenvalue weighted by Gasteiger charge is 2.31. The number of nitrogens with zero attached hydrogens (tertiary/aromatic N) is 3. The molecule has 0 saturated heterocycles. The lowest BCUT2D eigenvalue weighted by molar-refractivity contribution is -0.139. The summed E-state index contributed by atoms with van der Waals surface area (Å²) in [6.45, 7) is 2.07. The van der Waals surface area contributed by atoms with E-state index in [1.54, 1.807) is 13.0 Å². The Balaban J connectivity index is 1.74. The van der Waals surface area contributed by atoms with Crippen molar-refractivity contribution in [3.8, 4) is 5.75 Å². The van der Waals surface area contributed by atoms with Crippen molar-refractivity contribution in [1.29, 1.82) is 0 Å². The Kier molecular flexibility index (Phi) is 5.30. The van der Waals surface area contributed by atoms with Gasteiger partial charge in [-0.25, -0.2) is 0 Å².